The zero-order valence-corrected chi connectivity index (χ0v) is 10.4. The number of rotatable bonds is 2. The molecule has 0 bridgehead atoms. The van der Waals surface area contributed by atoms with E-state index in [1.807, 2.05) is 49.8 Å². The van der Waals surface area contributed by atoms with Gasteiger partial charge in [0.05, 0.1) is 12.2 Å². The third-order valence-electron chi connectivity index (χ3n) is 3.28. The highest BCUT2D eigenvalue weighted by atomic mass is 16.1. The first-order chi connectivity index (χ1) is 8.02. The summed E-state index contributed by atoms with van der Waals surface area (Å²) in [7, 11) is 1.85. The topological polar surface area (TPSA) is 52.9 Å². The fraction of sp³-hybridized carbons (Fsp3) is 0.308. The van der Waals surface area contributed by atoms with Crippen molar-refractivity contribution >= 4 is 5.69 Å². The second-order valence-electron chi connectivity index (χ2n) is 4.31. The first kappa shape index (κ1) is 11.5. The molecule has 2 aromatic rings. The van der Waals surface area contributed by atoms with Gasteiger partial charge in [-0.2, -0.15) is 0 Å². The van der Waals surface area contributed by atoms with Gasteiger partial charge in [0.15, 0.2) is 0 Å². The number of benzene rings is 1. The average Bonchev–Trinajstić information content (AvgIpc) is 2.50. The lowest BCUT2D eigenvalue weighted by Crippen LogP contribution is -2.23. The minimum absolute atomic E-state index is 0.117. The highest BCUT2D eigenvalue weighted by Gasteiger charge is 2.12. The summed E-state index contributed by atoms with van der Waals surface area (Å²) < 4.78 is 3.47. The fourth-order valence-corrected chi connectivity index (χ4v) is 1.91. The number of nitrogens with two attached hydrogens (primary N) is 1. The molecule has 0 unspecified atom stereocenters. The first-order valence-electron chi connectivity index (χ1n) is 5.58. The molecule has 0 saturated heterocycles. The number of aryl methyl sites for hydroxylation is 1. The van der Waals surface area contributed by atoms with E-state index in [-0.39, 0.29) is 5.56 Å². The highest BCUT2D eigenvalue weighted by molar-refractivity contribution is 5.40. The van der Waals surface area contributed by atoms with Gasteiger partial charge in [-0.05, 0) is 25.0 Å². The molecule has 0 fully saturated rings. The number of hydrogen-bond acceptors (Lipinski definition) is 2. The van der Waals surface area contributed by atoms with Crippen molar-refractivity contribution in [2.45, 2.75) is 20.4 Å². The van der Waals surface area contributed by atoms with Gasteiger partial charge in [-0.1, -0.05) is 24.3 Å². The summed E-state index contributed by atoms with van der Waals surface area (Å²) in [5.74, 6) is 0. The van der Waals surface area contributed by atoms with Crippen LogP contribution in [0.4, 0.5) is 5.69 Å². The number of nitrogens with zero attached hydrogens (tertiary/aromatic N) is 2. The van der Waals surface area contributed by atoms with Crippen LogP contribution in [0, 0.1) is 13.8 Å². The molecule has 0 aliphatic carbocycles. The van der Waals surface area contributed by atoms with Crippen LogP contribution in [0.5, 0.6) is 0 Å². The number of nitrogen functional groups attached to an aromatic ring is 1. The van der Waals surface area contributed by atoms with Crippen LogP contribution < -0.4 is 11.3 Å². The Hall–Kier alpha value is -1.97. The molecule has 1 aromatic heterocycles. The van der Waals surface area contributed by atoms with Crippen LogP contribution >= 0.6 is 0 Å². The maximum atomic E-state index is 11.9. The van der Waals surface area contributed by atoms with Crippen LogP contribution in [-0.4, -0.2) is 9.36 Å². The van der Waals surface area contributed by atoms with Gasteiger partial charge in [0.25, 0.3) is 5.56 Å². The Kier molecular flexibility index (Phi) is 2.79. The SMILES string of the molecule is Cc1ccccc1Cn1c(=O)c(N)c(C)n1C. The number of anilines is 1. The molecule has 0 amide bonds. The third-order valence-corrected chi connectivity index (χ3v) is 3.28. The Morgan fingerprint density at radius 2 is 1.88 bits per heavy atom. The van der Waals surface area contributed by atoms with Crippen LogP contribution in [0.1, 0.15) is 16.8 Å². The zero-order chi connectivity index (χ0) is 12.6. The Morgan fingerprint density at radius 3 is 2.41 bits per heavy atom. The van der Waals surface area contributed by atoms with E-state index in [0.29, 0.717) is 12.2 Å². The molecule has 2 N–H and O–H groups in total. The highest BCUT2D eigenvalue weighted by Crippen LogP contribution is 2.10. The van der Waals surface area contributed by atoms with Crippen LogP contribution in [0.2, 0.25) is 0 Å². The van der Waals surface area contributed by atoms with Gasteiger partial charge in [-0.25, -0.2) is 4.68 Å². The Labute approximate surface area is 100 Å². The standard InChI is InChI=1S/C13H17N3O/c1-9-6-4-5-7-11(9)8-16-13(17)12(14)10(2)15(16)3/h4-7H,8,14H2,1-3H3. The monoisotopic (exact) mass is 231 g/mol. The van der Waals surface area contributed by atoms with E-state index < -0.39 is 0 Å². The largest absolute Gasteiger partial charge is 0.393 e. The van der Waals surface area contributed by atoms with E-state index in [1.54, 1.807) is 4.68 Å². The lowest BCUT2D eigenvalue weighted by Gasteiger charge is -2.10. The molecule has 4 heteroatoms. The van der Waals surface area contributed by atoms with Crippen LogP contribution in [-0.2, 0) is 13.6 Å². The van der Waals surface area contributed by atoms with E-state index in [0.717, 1.165) is 11.3 Å². The van der Waals surface area contributed by atoms with Crippen molar-refractivity contribution in [3.8, 4) is 0 Å². The number of hydrogen-bond donors (Lipinski definition) is 1. The van der Waals surface area contributed by atoms with Gasteiger partial charge in [-0.15, -0.1) is 0 Å². The molecule has 1 heterocycles. The predicted molar refractivity (Wildman–Crippen MR) is 69.1 cm³/mol. The lowest BCUT2D eigenvalue weighted by atomic mass is 10.1. The average molecular weight is 231 g/mol. The minimum atomic E-state index is -0.117. The smallest absolute Gasteiger partial charge is 0.290 e. The summed E-state index contributed by atoms with van der Waals surface area (Å²) in [5.41, 5.74) is 9.08. The fourth-order valence-electron chi connectivity index (χ4n) is 1.91. The Balaban J connectivity index is 2.48. The minimum Gasteiger partial charge on any atom is -0.393 e. The summed E-state index contributed by atoms with van der Waals surface area (Å²) in [6, 6.07) is 8.04. The van der Waals surface area contributed by atoms with E-state index in [1.165, 1.54) is 5.56 Å². The number of aromatic nitrogens is 2. The molecule has 0 spiro atoms. The molecule has 0 aliphatic rings. The molecule has 0 atom stereocenters. The van der Waals surface area contributed by atoms with Crippen molar-refractivity contribution in [2.24, 2.45) is 7.05 Å². The Morgan fingerprint density at radius 1 is 1.24 bits per heavy atom. The molecule has 17 heavy (non-hydrogen) atoms. The summed E-state index contributed by atoms with van der Waals surface area (Å²) in [6.07, 6.45) is 0. The predicted octanol–water partition coefficient (Wildman–Crippen LogP) is 1.43. The van der Waals surface area contributed by atoms with Crippen molar-refractivity contribution in [3.05, 3.63) is 51.4 Å². The third kappa shape index (κ3) is 1.86. The van der Waals surface area contributed by atoms with Gasteiger partial charge >= 0.3 is 0 Å². The van der Waals surface area contributed by atoms with Crippen molar-refractivity contribution in [1.82, 2.24) is 9.36 Å². The van der Waals surface area contributed by atoms with E-state index in [9.17, 15) is 4.79 Å². The van der Waals surface area contributed by atoms with E-state index in [2.05, 4.69) is 0 Å². The molecular weight excluding hydrogens is 214 g/mol. The van der Waals surface area contributed by atoms with Gasteiger partial charge in [0.2, 0.25) is 0 Å². The van der Waals surface area contributed by atoms with Gasteiger partial charge in [-0.3, -0.25) is 9.48 Å². The molecule has 0 aliphatic heterocycles. The van der Waals surface area contributed by atoms with Crippen molar-refractivity contribution in [3.63, 3.8) is 0 Å². The maximum Gasteiger partial charge on any atom is 0.290 e. The second-order valence-corrected chi connectivity index (χ2v) is 4.31. The molecule has 0 radical (unpaired) electrons. The van der Waals surface area contributed by atoms with Crippen LogP contribution in [0.25, 0.3) is 0 Å². The summed E-state index contributed by atoms with van der Waals surface area (Å²) in [6.45, 7) is 4.45. The van der Waals surface area contributed by atoms with Gasteiger partial charge < -0.3 is 5.73 Å². The van der Waals surface area contributed by atoms with E-state index >= 15 is 0 Å². The summed E-state index contributed by atoms with van der Waals surface area (Å²) in [5, 5.41) is 0. The summed E-state index contributed by atoms with van der Waals surface area (Å²) >= 11 is 0. The normalized spacial score (nSPS) is 10.8. The summed E-state index contributed by atoms with van der Waals surface area (Å²) in [4.78, 5) is 11.9. The quantitative estimate of drug-likeness (QED) is 0.850. The van der Waals surface area contributed by atoms with Crippen LogP contribution in [0.15, 0.2) is 29.1 Å². The molecule has 0 saturated carbocycles. The molecule has 2 rings (SSSR count). The lowest BCUT2D eigenvalue weighted by molar-refractivity contribution is 0.524. The van der Waals surface area contributed by atoms with E-state index in [4.69, 9.17) is 5.73 Å². The molecule has 90 valence electrons. The van der Waals surface area contributed by atoms with Crippen molar-refractivity contribution in [2.75, 3.05) is 5.73 Å². The second kappa shape index (κ2) is 4.13. The van der Waals surface area contributed by atoms with Crippen molar-refractivity contribution < 1.29 is 0 Å². The Bertz CT molecular complexity index is 608. The van der Waals surface area contributed by atoms with Crippen molar-refractivity contribution in [1.29, 1.82) is 0 Å². The maximum absolute atomic E-state index is 11.9. The van der Waals surface area contributed by atoms with Crippen LogP contribution in [0.3, 0.4) is 0 Å². The van der Waals surface area contributed by atoms with Gasteiger partial charge in [0.1, 0.15) is 5.69 Å². The molecular formula is C13H17N3O. The van der Waals surface area contributed by atoms with Gasteiger partial charge in [0, 0.05) is 7.05 Å². The zero-order valence-electron chi connectivity index (χ0n) is 10.4. The molecule has 1 aromatic carbocycles. The molecule has 4 nitrogen and oxygen atoms in total. The first-order valence-corrected chi connectivity index (χ1v) is 5.58.